The van der Waals surface area contributed by atoms with E-state index in [9.17, 15) is 0 Å². The van der Waals surface area contributed by atoms with Gasteiger partial charge in [0.15, 0.2) is 0 Å². The molecule has 0 saturated heterocycles. The molecule has 0 rings (SSSR count). The molecule has 0 heterocycles. The Kier molecular flexibility index (Phi) is 11.5. The van der Waals surface area contributed by atoms with Crippen molar-refractivity contribution in [3.63, 3.8) is 0 Å². The third-order valence-electron chi connectivity index (χ3n) is 0.810. The SMILES string of the molecule is [CH2-]CN(C[CH2-])OCC.[V+2]. The molecule has 0 spiro atoms. The van der Waals surface area contributed by atoms with E-state index in [4.69, 9.17) is 4.84 Å². The second-order valence-corrected chi connectivity index (χ2v) is 1.35. The molecular formula is C6H13NOV. The first-order valence-corrected chi connectivity index (χ1v) is 2.81. The van der Waals surface area contributed by atoms with Gasteiger partial charge in [-0.25, -0.2) is 5.06 Å². The van der Waals surface area contributed by atoms with Crippen LogP contribution < -0.4 is 0 Å². The molecule has 0 amide bonds. The van der Waals surface area contributed by atoms with Crippen LogP contribution >= 0.6 is 0 Å². The summed E-state index contributed by atoms with van der Waals surface area (Å²) in [5.41, 5.74) is 0. The van der Waals surface area contributed by atoms with E-state index in [2.05, 4.69) is 13.8 Å². The van der Waals surface area contributed by atoms with Crippen molar-refractivity contribution in [2.45, 2.75) is 6.92 Å². The fourth-order valence-corrected chi connectivity index (χ4v) is 0.423. The van der Waals surface area contributed by atoms with Gasteiger partial charge in [-0.3, -0.25) is 0 Å². The van der Waals surface area contributed by atoms with Gasteiger partial charge in [0, 0.05) is 0 Å². The maximum absolute atomic E-state index is 5.05. The Morgan fingerprint density at radius 2 is 1.78 bits per heavy atom. The van der Waals surface area contributed by atoms with Crippen LogP contribution in [0.4, 0.5) is 0 Å². The van der Waals surface area contributed by atoms with E-state index in [-0.39, 0.29) is 18.6 Å². The zero-order chi connectivity index (χ0) is 6.41. The third kappa shape index (κ3) is 6.39. The van der Waals surface area contributed by atoms with Gasteiger partial charge in [0.25, 0.3) is 0 Å². The van der Waals surface area contributed by atoms with Crippen molar-refractivity contribution < 1.29 is 23.4 Å². The van der Waals surface area contributed by atoms with Crippen LogP contribution in [0, 0.1) is 13.8 Å². The summed E-state index contributed by atoms with van der Waals surface area (Å²) >= 11 is 0. The molecule has 0 aliphatic carbocycles. The van der Waals surface area contributed by atoms with E-state index in [0.29, 0.717) is 19.7 Å². The average Bonchev–Trinajstić information content (AvgIpc) is 1.83. The summed E-state index contributed by atoms with van der Waals surface area (Å²) in [5.74, 6) is 0. The van der Waals surface area contributed by atoms with Gasteiger partial charge in [0.2, 0.25) is 0 Å². The molecule has 0 aromatic carbocycles. The predicted molar refractivity (Wildman–Crippen MR) is 33.9 cm³/mol. The van der Waals surface area contributed by atoms with E-state index >= 15 is 0 Å². The standard InChI is InChI=1S/C6H13NO.V/c1-4-7(5-2)8-6-3;/h1-2,4-6H2,3H3;/q-2;+2. The second-order valence-electron chi connectivity index (χ2n) is 1.35. The Balaban J connectivity index is 0. The van der Waals surface area contributed by atoms with Crippen molar-refractivity contribution in [2.24, 2.45) is 0 Å². The Bertz CT molecular complexity index is 48.3. The van der Waals surface area contributed by atoms with Gasteiger partial charge in [-0.05, 0) is 6.92 Å². The van der Waals surface area contributed by atoms with Gasteiger partial charge in [0.1, 0.15) is 0 Å². The van der Waals surface area contributed by atoms with Gasteiger partial charge in [-0.15, -0.1) is 13.1 Å². The van der Waals surface area contributed by atoms with Gasteiger partial charge in [-0.1, -0.05) is 0 Å². The minimum Gasteiger partial charge on any atom is -0.327 e. The molecule has 0 atom stereocenters. The van der Waals surface area contributed by atoms with Crippen LogP contribution in [-0.2, 0) is 23.4 Å². The van der Waals surface area contributed by atoms with Crippen LogP contribution in [-0.4, -0.2) is 24.8 Å². The van der Waals surface area contributed by atoms with Gasteiger partial charge < -0.3 is 18.7 Å². The van der Waals surface area contributed by atoms with Crippen LogP contribution in [0.5, 0.6) is 0 Å². The number of hydrogen-bond donors (Lipinski definition) is 0. The summed E-state index contributed by atoms with van der Waals surface area (Å²) in [7, 11) is 0. The molecule has 0 aliphatic heterocycles. The maximum atomic E-state index is 5.05. The van der Waals surface area contributed by atoms with Gasteiger partial charge >= 0.3 is 18.6 Å². The molecule has 9 heavy (non-hydrogen) atoms. The van der Waals surface area contributed by atoms with E-state index in [1.54, 1.807) is 5.06 Å². The zero-order valence-corrected chi connectivity index (χ0v) is 7.23. The van der Waals surface area contributed by atoms with E-state index in [1.165, 1.54) is 0 Å². The van der Waals surface area contributed by atoms with Crippen LogP contribution in [0.1, 0.15) is 6.92 Å². The summed E-state index contributed by atoms with van der Waals surface area (Å²) in [6.07, 6.45) is 0. The largest absolute Gasteiger partial charge is 2.00 e. The third-order valence-corrected chi connectivity index (χ3v) is 0.810. The second kappa shape index (κ2) is 8.50. The first kappa shape index (κ1) is 12.2. The Labute approximate surface area is 69.4 Å². The molecular weight excluding hydrogens is 153 g/mol. The van der Waals surface area contributed by atoms with E-state index in [1.807, 2.05) is 6.92 Å². The number of rotatable bonds is 4. The van der Waals surface area contributed by atoms with Crippen LogP contribution in [0.25, 0.3) is 0 Å². The first-order valence-electron chi connectivity index (χ1n) is 2.81. The Morgan fingerprint density at radius 3 is 1.89 bits per heavy atom. The molecule has 0 unspecified atom stereocenters. The number of nitrogens with zero attached hydrogens (tertiary/aromatic N) is 1. The van der Waals surface area contributed by atoms with Crippen molar-refractivity contribution in [1.29, 1.82) is 0 Å². The summed E-state index contributed by atoms with van der Waals surface area (Å²) < 4.78 is 0. The molecule has 0 bridgehead atoms. The quantitative estimate of drug-likeness (QED) is 0.454. The molecule has 2 nitrogen and oxygen atoms in total. The van der Waals surface area contributed by atoms with Crippen molar-refractivity contribution in [3.05, 3.63) is 13.8 Å². The maximum Gasteiger partial charge on any atom is 2.00 e. The van der Waals surface area contributed by atoms with Crippen molar-refractivity contribution in [3.8, 4) is 0 Å². The molecule has 0 saturated carbocycles. The summed E-state index contributed by atoms with van der Waals surface area (Å²) in [4.78, 5) is 5.05. The molecule has 1 radical (unpaired) electrons. The summed E-state index contributed by atoms with van der Waals surface area (Å²) in [6, 6.07) is 0. The predicted octanol–water partition coefficient (Wildman–Crippen LogP) is 0.906. The smallest absolute Gasteiger partial charge is 0.327 e. The van der Waals surface area contributed by atoms with Crippen LogP contribution in [0.2, 0.25) is 0 Å². The molecule has 0 N–H and O–H groups in total. The van der Waals surface area contributed by atoms with Gasteiger partial charge in [0.05, 0.1) is 6.61 Å². The molecule has 0 fully saturated rings. The van der Waals surface area contributed by atoms with Gasteiger partial charge in [-0.2, -0.15) is 0 Å². The molecule has 0 aromatic heterocycles. The fraction of sp³-hybridized carbons (Fsp3) is 0.667. The Morgan fingerprint density at radius 1 is 1.33 bits per heavy atom. The number of hydroxylamine groups is 2. The average molecular weight is 166 g/mol. The number of hydrogen-bond acceptors (Lipinski definition) is 2. The molecule has 3 heteroatoms. The minimum atomic E-state index is 0. The first-order chi connectivity index (χ1) is 3.85. The van der Waals surface area contributed by atoms with Crippen LogP contribution in [0.15, 0.2) is 0 Å². The zero-order valence-electron chi connectivity index (χ0n) is 5.84. The minimum absolute atomic E-state index is 0. The van der Waals surface area contributed by atoms with Crippen molar-refractivity contribution in [1.82, 2.24) is 5.06 Å². The molecule has 0 aromatic rings. The van der Waals surface area contributed by atoms with Crippen molar-refractivity contribution >= 4 is 0 Å². The normalized spacial score (nSPS) is 9.33. The summed E-state index contributed by atoms with van der Waals surface area (Å²) in [6.45, 7) is 11.2. The fourth-order valence-electron chi connectivity index (χ4n) is 0.423. The van der Waals surface area contributed by atoms with E-state index in [0.717, 1.165) is 0 Å². The summed E-state index contributed by atoms with van der Waals surface area (Å²) in [5, 5.41) is 1.71. The molecule has 53 valence electrons. The van der Waals surface area contributed by atoms with Crippen LogP contribution in [0.3, 0.4) is 0 Å². The van der Waals surface area contributed by atoms with E-state index < -0.39 is 0 Å². The monoisotopic (exact) mass is 166 g/mol. The topological polar surface area (TPSA) is 12.5 Å². The Hall–Kier alpha value is 0.504. The molecule has 0 aliphatic rings. The van der Waals surface area contributed by atoms with Crippen molar-refractivity contribution in [2.75, 3.05) is 19.7 Å².